The fourth-order valence-corrected chi connectivity index (χ4v) is 6.08. The molecule has 2 aliphatic rings. The molecule has 2 heterocycles. The largest absolute Gasteiger partial charge is 0.493 e. The zero-order chi connectivity index (χ0) is 30.8. The van der Waals surface area contributed by atoms with Gasteiger partial charge in [0.15, 0.2) is 23.0 Å². The van der Waals surface area contributed by atoms with Crippen LogP contribution in [-0.4, -0.2) is 105 Å². The van der Waals surface area contributed by atoms with Gasteiger partial charge in [-0.05, 0) is 76.2 Å². The van der Waals surface area contributed by atoms with Crippen molar-refractivity contribution in [2.75, 3.05) is 67.3 Å². The van der Waals surface area contributed by atoms with Crippen molar-refractivity contribution in [3.05, 3.63) is 48.0 Å². The minimum absolute atomic E-state index is 0.0458. The molecule has 1 amide bonds. The van der Waals surface area contributed by atoms with Gasteiger partial charge in [0.25, 0.3) is 0 Å². The van der Waals surface area contributed by atoms with Crippen LogP contribution in [0.2, 0.25) is 0 Å². The summed E-state index contributed by atoms with van der Waals surface area (Å²) in [5.74, 6) is 0.622. The van der Waals surface area contributed by atoms with Gasteiger partial charge in [0, 0.05) is 31.6 Å². The Hall–Kier alpha value is -3.50. The number of likely N-dealkylation sites (tertiary alicyclic amines) is 1. The lowest BCUT2D eigenvalue weighted by molar-refractivity contribution is -0.144. The first kappa shape index (κ1) is 32.4. The Bertz CT molecular complexity index is 1210. The highest BCUT2D eigenvalue weighted by atomic mass is 16.7. The van der Waals surface area contributed by atoms with Crippen LogP contribution in [0.25, 0.3) is 0 Å². The van der Waals surface area contributed by atoms with E-state index in [-0.39, 0.29) is 31.8 Å². The minimum atomic E-state index is -0.883. The summed E-state index contributed by atoms with van der Waals surface area (Å²) in [6.07, 6.45) is 4.33. The predicted octanol–water partition coefficient (Wildman–Crippen LogP) is 4.33. The van der Waals surface area contributed by atoms with E-state index in [1.807, 2.05) is 47.4 Å². The average molecular weight is 598 g/mol. The van der Waals surface area contributed by atoms with Crippen LogP contribution >= 0.6 is 0 Å². The summed E-state index contributed by atoms with van der Waals surface area (Å²) in [6.45, 7) is 5.57. The molecule has 236 valence electrons. The Morgan fingerprint density at radius 1 is 1.00 bits per heavy atom. The summed E-state index contributed by atoms with van der Waals surface area (Å²) in [7, 11) is 5.70. The molecule has 0 spiro atoms. The average Bonchev–Trinajstić information content (AvgIpc) is 3.61. The Labute approximate surface area is 255 Å². The van der Waals surface area contributed by atoms with Crippen molar-refractivity contribution in [3.8, 4) is 23.0 Å². The molecule has 4 rings (SSSR count). The third kappa shape index (κ3) is 8.54. The number of fused-ring (bicyclic) bond motifs is 1. The first-order chi connectivity index (χ1) is 20.8. The number of carboxylic acids is 1. The second-order valence-electron chi connectivity index (χ2n) is 11.6. The lowest BCUT2D eigenvalue weighted by Gasteiger charge is -2.30. The highest BCUT2D eigenvalue weighted by Crippen LogP contribution is 2.43. The summed E-state index contributed by atoms with van der Waals surface area (Å²) in [5, 5.41) is 10.5. The van der Waals surface area contributed by atoms with E-state index in [1.54, 1.807) is 7.11 Å². The van der Waals surface area contributed by atoms with Gasteiger partial charge >= 0.3 is 5.97 Å². The number of methoxy groups -OCH3 is 1. The van der Waals surface area contributed by atoms with Gasteiger partial charge in [-0.3, -0.25) is 14.5 Å². The summed E-state index contributed by atoms with van der Waals surface area (Å²) < 4.78 is 22.6. The molecule has 2 aromatic rings. The van der Waals surface area contributed by atoms with Crippen LogP contribution in [0.15, 0.2) is 42.5 Å². The molecule has 1 saturated heterocycles. The van der Waals surface area contributed by atoms with Crippen molar-refractivity contribution < 1.29 is 33.6 Å². The maximum Gasteiger partial charge on any atom is 0.308 e. The first-order valence-corrected chi connectivity index (χ1v) is 15.4. The maximum absolute atomic E-state index is 13.8. The standard InChI is InChI=1S/C33H47N3O7/c1-5-6-17-35(18-10-9-16-34(2)3)31(37)22-36-21-25(24-13-14-29-30(20-24)43-23-42-29)32(33(38)39)26(36)15-19-41-28-12-8-7-11-27(28)40-4/h7-8,11-14,20,25-26,32H,5-6,9-10,15-19,21-23H2,1-4H3,(H,38,39)/t25-,26+,32?/m1/s1. The Kier molecular flexibility index (Phi) is 11.9. The van der Waals surface area contributed by atoms with Gasteiger partial charge < -0.3 is 33.9 Å². The molecule has 1 fully saturated rings. The van der Waals surface area contributed by atoms with Crippen molar-refractivity contribution in [2.45, 2.75) is 51.0 Å². The van der Waals surface area contributed by atoms with Gasteiger partial charge in [-0.2, -0.15) is 0 Å². The van der Waals surface area contributed by atoms with Crippen LogP contribution < -0.4 is 18.9 Å². The predicted molar refractivity (Wildman–Crippen MR) is 164 cm³/mol. The molecule has 10 heteroatoms. The molecule has 2 aliphatic heterocycles. The van der Waals surface area contributed by atoms with E-state index in [4.69, 9.17) is 18.9 Å². The molecule has 0 saturated carbocycles. The van der Waals surface area contributed by atoms with Crippen LogP contribution in [0.1, 0.15) is 50.5 Å². The van der Waals surface area contributed by atoms with Crippen molar-refractivity contribution in [1.82, 2.24) is 14.7 Å². The Morgan fingerprint density at radius 3 is 2.44 bits per heavy atom. The third-order valence-electron chi connectivity index (χ3n) is 8.35. The number of para-hydroxylation sites is 2. The van der Waals surface area contributed by atoms with E-state index in [9.17, 15) is 14.7 Å². The lowest BCUT2D eigenvalue weighted by Crippen LogP contribution is -2.45. The molecular weight excluding hydrogens is 550 g/mol. The molecule has 0 radical (unpaired) electrons. The maximum atomic E-state index is 13.8. The second kappa shape index (κ2) is 15.8. The van der Waals surface area contributed by atoms with Gasteiger partial charge in [0.2, 0.25) is 12.7 Å². The molecule has 3 atom stereocenters. The number of carboxylic acid groups (broad SMARTS) is 1. The van der Waals surface area contributed by atoms with Gasteiger partial charge in [0.1, 0.15) is 0 Å². The number of amides is 1. The zero-order valence-electron chi connectivity index (χ0n) is 26.0. The van der Waals surface area contributed by atoms with E-state index in [0.717, 1.165) is 37.8 Å². The van der Waals surface area contributed by atoms with E-state index in [0.29, 0.717) is 49.1 Å². The number of unbranched alkanes of at least 4 members (excludes halogenated alkanes) is 2. The van der Waals surface area contributed by atoms with Gasteiger partial charge in [-0.1, -0.05) is 31.5 Å². The molecule has 10 nitrogen and oxygen atoms in total. The molecule has 1 unspecified atom stereocenters. The minimum Gasteiger partial charge on any atom is -0.493 e. The summed E-state index contributed by atoms with van der Waals surface area (Å²) >= 11 is 0. The molecule has 43 heavy (non-hydrogen) atoms. The van der Waals surface area contributed by atoms with Crippen molar-refractivity contribution in [3.63, 3.8) is 0 Å². The molecule has 0 aromatic heterocycles. The monoisotopic (exact) mass is 597 g/mol. The van der Waals surface area contributed by atoms with Gasteiger partial charge in [0.05, 0.1) is 26.2 Å². The van der Waals surface area contributed by atoms with E-state index in [2.05, 4.69) is 30.8 Å². The zero-order valence-corrected chi connectivity index (χ0v) is 26.0. The van der Waals surface area contributed by atoms with Crippen molar-refractivity contribution in [1.29, 1.82) is 0 Å². The van der Waals surface area contributed by atoms with Crippen molar-refractivity contribution >= 4 is 11.9 Å². The summed E-state index contributed by atoms with van der Waals surface area (Å²) in [5.41, 5.74) is 0.869. The molecule has 2 aromatic carbocycles. The van der Waals surface area contributed by atoms with Crippen LogP contribution in [0.3, 0.4) is 0 Å². The van der Waals surface area contributed by atoms with E-state index >= 15 is 0 Å². The number of benzene rings is 2. The molecular formula is C33H47N3O7. The van der Waals surface area contributed by atoms with Crippen LogP contribution in [0.4, 0.5) is 0 Å². The summed E-state index contributed by atoms with van der Waals surface area (Å²) in [6, 6.07) is 12.7. The quantitative estimate of drug-likeness (QED) is 0.267. The van der Waals surface area contributed by atoms with Crippen LogP contribution in [-0.2, 0) is 9.59 Å². The number of ether oxygens (including phenoxy) is 4. The number of hydrogen-bond donors (Lipinski definition) is 1. The smallest absolute Gasteiger partial charge is 0.308 e. The molecule has 0 bridgehead atoms. The SMILES string of the molecule is CCCCN(CCCCN(C)C)C(=O)CN1C[C@H](c2ccc3c(c2)OCO3)C(C(=O)O)[C@@H]1CCOc1ccccc1OC. The fourth-order valence-electron chi connectivity index (χ4n) is 6.08. The second-order valence-corrected chi connectivity index (χ2v) is 11.6. The number of hydrogen-bond acceptors (Lipinski definition) is 8. The van der Waals surface area contributed by atoms with Gasteiger partial charge in [-0.25, -0.2) is 0 Å². The number of carbonyl (C=O) groups is 2. The van der Waals surface area contributed by atoms with Gasteiger partial charge in [-0.15, -0.1) is 0 Å². The van der Waals surface area contributed by atoms with Crippen LogP contribution in [0.5, 0.6) is 23.0 Å². The fraction of sp³-hybridized carbons (Fsp3) is 0.576. The third-order valence-corrected chi connectivity index (χ3v) is 8.35. The van der Waals surface area contributed by atoms with Crippen LogP contribution in [0, 0.1) is 5.92 Å². The lowest BCUT2D eigenvalue weighted by atomic mass is 9.84. The molecule has 1 N–H and O–H groups in total. The highest BCUT2D eigenvalue weighted by molar-refractivity contribution is 5.79. The number of nitrogens with zero attached hydrogens (tertiary/aromatic N) is 3. The summed E-state index contributed by atoms with van der Waals surface area (Å²) in [4.78, 5) is 32.8. The number of aliphatic carboxylic acids is 1. The molecule has 0 aliphatic carbocycles. The highest BCUT2D eigenvalue weighted by Gasteiger charge is 2.47. The van der Waals surface area contributed by atoms with E-state index in [1.165, 1.54) is 0 Å². The number of rotatable bonds is 17. The Balaban J connectivity index is 1.54. The number of carbonyl (C=O) groups excluding carboxylic acids is 1. The van der Waals surface area contributed by atoms with E-state index < -0.39 is 17.9 Å². The Morgan fingerprint density at radius 2 is 1.72 bits per heavy atom. The van der Waals surface area contributed by atoms with Crippen molar-refractivity contribution in [2.24, 2.45) is 5.92 Å². The topological polar surface area (TPSA) is 101 Å². The first-order valence-electron chi connectivity index (χ1n) is 15.4. The normalized spacial score (nSPS) is 19.5.